The monoisotopic (exact) mass is 258 g/mol. The summed E-state index contributed by atoms with van der Waals surface area (Å²) in [5.74, 6) is 0.626. The molecule has 1 aromatic carbocycles. The van der Waals surface area contributed by atoms with Crippen LogP contribution in [0.5, 0.6) is 0 Å². The SMILES string of the molecule is CC(CNC1CC1)c1ccc(CN2CCCC2)cc1. The van der Waals surface area contributed by atoms with Crippen molar-refractivity contribution in [2.75, 3.05) is 19.6 Å². The number of hydrogen-bond donors (Lipinski definition) is 1. The second-order valence-corrected chi connectivity index (χ2v) is 6.31. The molecule has 2 nitrogen and oxygen atoms in total. The van der Waals surface area contributed by atoms with Crippen molar-refractivity contribution < 1.29 is 0 Å². The van der Waals surface area contributed by atoms with E-state index in [0.717, 1.165) is 19.1 Å². The molecule has 2 aliphatic rings. The number of benzene rings is 1. The predicted octanol–water partition coefficient (Wildman–Crippen LogP) is 3.14. The molecule has 0 aromatic heterocycles. The van der Waals surface area contributed by atoms with Gasteiger partial charge < -0.3 is 5.32 Å². The minimum Gasteiger partial charge on any atom is -0.313 e. The van der Waals surface area contributed by atoms with Crippen molar-refractivity contribution in [3.05, 3.63) is 35.4 Å². The molecule has 3 rings (SSSR count). The smallest absolute Gasteiger partial charge is 0.0233 e. The lowest BCUT2D eigenvalue weighted by Crippen LogP contribution is -2.22. The van der Waals surface area contributed by atoms with Crippen LogP contribution in [0, 0.1) is 0 Å². The van der Waals surface area contributed by atoms with Crippen molar-refractivity contribution in [1.82, 2.24) is 10.2 Å². The van der Waals surface area contributed by atoms with Crippen molar-refractivity contribution in [1.29, 1.82) is 0 Å². The van der Waals surface area contributed by atoms with E-state index < -0.39 is 0 Å². The fraction of sp³-hybridized carbons (Fsp3) is 0.647. The van der Waals surface area contributed by atoms with Crippen molar-refractivity contribution in [2.24, 2.45) is 0 Å². The first-order chi connectivity index (χ1) is 9.31. The van der Waals surface area contributed by atoms with Gasteiger partial charge in [0.2, 0.25) is 0 Å². The standard InChI is InChI=1S/C17H26N2/c1-14(12-18-17-8-9-17)16-6-4-15(5-7-16)13-19-10-2-3-11-19/h4-7,14,17-18H,2-3,8-13H2,1H3. The zero-order valence-electron chi connectivity index (χ0n) is 12.1. The fourth-order valence-electron chi connectivity index (χ4n) is 2.90. The Kier molecular flexibility index (Phi) is 4.19. The second kappa shape index (κ2) is 6.06. The summed E-state index contributed by atoms with van der Waals surface area (Å²) in [6, 6.07) is 10.1. The molecule has 0 bridgehead atoms. The van der Waals surface area contributed by atoms with E-state index in [2.05, 4.69) is 41.4 Å². The van der Waals surface area contributed by atoms with Gasteiger partial charge in [-0.2, -0.15) is 0 Å². The van der Waals surface area contributed by atoms with E-state index >= 15 is 0 Å². The molecule has 2 heteroatoms. The molecule has 1 aromatic rings. The summed E-state index contributed by atoms with van der Waals surface area (Å²) in [6.07, 6.45) is 5.51. The molecule has 1 heterocycles. The van der Waals surface area contributed by atoms with E-state index in [4.69, 9.17) is 0 Å². The highest BCUT2D eigenvalue weighted by atomic mass is 15.1. The summed E-state index contributed by atoms with van der Waals surface area (Å²) in [6.45, 7) is 7.14. The van der Waals surface area contributed by atoms with Gasteiger partial charge in [0.25, 0.3) is 0 Å². The van der Waals surface area contributed by atoms with E-state index in [1.807, 2.05) is 0 Å². The summed E-state index contributed by atoms with van der Waals surface area (Å²) in [5, 5.41) is 3.62. The average Bonchev–Trinajstić information content (AvgIpc) is 3.13. The minimum atomic E-state index is 0.626. The van der Waals surface area contributed by atoms with Crippen LogP contribution in [-0.2, 0) is 6.54 Å². The van der Waals surface area contributed by atoms with Crippen molar-refractivity contribution >= 4 is 0 Å². The van der Waals surface area contributed by atoms with Gasteiger partial charge in [0.05, 0.1) is 0 Å². The maximum Gasteiger partial charge on any atom is 0.0233 e. The number of nitrogens with one attached hydrogen (secondary N) is 1. The Balaban J connectivity index is 1.51. The molecule has 1 aliphatic carbocycles. The highest BCUT2D eigenvalue weighted by molar-refractivity contribution is 5.25. The molecular formula is C17H26N2. The molecule has 1 aliphatic heterocycles. The van der Waals surface area contributed by atoms with Crippen LogP contribution in [-0.4, -0.2) is 30.6 Å². The Bertz CT molecular complexity index is 388. The highest BCUT2D eigenvalue weighted by Gasteiger charge is 2.21. The Morgan fingerprint density at radius 3 is 2.47 bits per heavy atom. The Morgan fingerprint density at radius 1 is 1.16 bits per heavy atom. The molecule has 1 saturated heterocycles. The van der Waals surface area contributed by atoms with E-state index in [1.165, 1.54) is 49.9 Å². The Labute approximate surface area is 117 Å². The summed E-state index contributed by atoms with van der Waals surface area (Å²) in [4.78, 5) is 2.56. The third-order valence-electron chi connectivity index (χ3n) is 4.44. The first-order valence-corrected chi connectivity index (χ1v) is 7.86. The van der Waals surface area contributed by atoms with Gasteiger partial charge in [-0.15, -0.1) is 0 Å². The largest absolute Gasteiger partial charge is 0.313 e. The van der Waals surface area contributed by atoms with Gasteiger partial charge in [0.15, 0.2) is 0 Å². The lowest BCUT2D eigenvalue weighted by molar-refractivity contribution is 0.331. The van der Waals surface area contributed by atoms with E-state index in [-0.39, 0.29) is 0 Å². The molecular weight excluding hydrogens is 232 g/mol. The molecule has 0 radical (unpaired) electrons. The van der Waals surface area contributed by atoms with Crippen LogP contribution in [0.1, 0.15) is 49.7 Å². The Morgan fingerprint density at radius 2 is 1.84 bits per heavy atom. The van der Waals surface area contributed by atoms with Gasteiger partial charge in [-0.3, -0.25) is 4.90 Å². The van der Waals surface area contributed by atoms with Gasteiger partial charge in [0, 0.05) is 19.1 Å². The van der Waals surface area contributed by atoms with Crippen molar-refractivity contribution in [3.63, 3.8) is 0 Å². The number of likely N-dealkylation sites (tertiary alicyclic amines) is 1. The fourth-order valence-corrected chi connectivity index (χ4v) is 2.90. The van der Waals surface area contributed by atoms with E-state index in [0.29, 0.717) is 5.92 Å². The molecule has 0 amide bonds. The van der Waals surface area contributed by atoms with Gasteiger partial charge in [-0.05, 0) is 55.8 Å². The zero-order valence-corrected chi connectivity index (χ0v) is 12.1. The van der Waals surface area contributed by atoms with Gasteiger partial charge in [0.1, 0.15) is 0 Å². The molecule has 104 valence electrons. The molecule has 1 N–H and O–H groups in total. The van der Waals surface area contributed by atoms with Gasteiger partial charge >= 0.3 is 0 Å². The van der Waals surface area contributed by atoms with Crippen molar-refractivity contribution in [2.45, 2.75) is 51.1 Å². The van der Waals surface area contributed by atoms with Gasteiger partial charge in [-0.25, -0.2) is 0 Å². The normalized spacial score (nSPS) is 21.7. The maximum absolute atomic E-state index is 3.62. The lowest BCUT2D eigenvalue weighted by atomic mass is 9.99. The topological polar surface area (TPSA) is 15.3 Å². The number of rotatable bonds is 6. The molecule has 0 spiro atoms. The molecule has 19 heavy (non-hydrogen) atoms. The minimum absolute atomic E-state index is 0.626. The van der Waals surface area contributed by atoms with Crippen LogP contribution in [0.4, 0.5) is 0 Å². The molecule has 1 atom stereocenters. The van der Waals surface area contributed by atoms with Crippen LogP contribution >= 0.6 is 0 Å². The number of hydrogen-bond acceptors (Lipinski definition) is 2. The van der Waals surface area contributed by atoms with E-state index in [9.17, 15) is 0 Å². The molecule has 1 unspecified atom stereocenters. The van der Waals surface area contributed by atoms with Crippen LogP contribution in [0.2, 0.25) is 0 Å². The number of nitrogens with zero attached hydrogens (tertiary/aromatic N) is 1. The highest BCUT2D eigenvalue weighted by Crippen LogP contribution is 2.22. The first-order valence-electron chi connectivity index (χ1n) is 7.86. The van der Waals surface area contributed by atoms with Crippen LogP contribution in [0.3, 0.4) is 0 Å². The Hall–Kier alpha value is -0.860. The van der Waals surface area contributed by atoms with Crippen LogP contribution < -0.4 is 5.32 Å². The maximum atomic E-state index is 3.62. The van der Waals surface area contributed by atoms with Crippen molar-refractivity contribution in [3.8, 4) is 0 Å². The quantitative estimate of drug-likeness (QED) is 0.843. The molecule has 2 fully saturated rings. The third kappa shape index (κ3) is 3.80. The lowest BCUT2D eigenvalue weighted by Gasteiger charge is -2.16. The summed E-state index contributed by atoms with van der Waals surface area (Å²) < 4.78 is 0. The average molecular weight is 258 g/mol. The van der Waals surface area contributed by atoms with E-state index in [1.54, 1.807) is 0 Å². The summed E-state index contributed by atoms with van der Waals surface area (Å²) in [5.41, 5.74) is 2.94. The summed E-state index contributed by atoms with van der Waals surface area (Å²) >= 11 is 0. The molecule has 1 saturated carbocycles. The van der Waals surface area contributed by atoms with Crippen LogP contribution in [0.25, 0.3) is 0 Å². The zero-order chi connectivity index (χ0) is 13.1. The predicted molar refractivity (Wildman–Crippen MR) is 80.4 cm³/mol. The third-order valence-corrected chi connectivity index (χ3v) is 4.44. The summed E-state index contributed by atoms with van der Waals surface area (Å²) in [7, 11) is 0. The van der Waals surface area contributed by atoms with Gasteiger partial charge in [-0.1, -0.05) is 31.2 Å². The first kappa shape index (κ1) is 13.1. The van der Waals surface area contributed by atoms with Crippen LogP contribution in [0.15, 0.2) is 24.3 Å². The second-order valence-electron chi connectivity index (χ2n) is 6.31.